The van der Waals surface area contributed by atoms with Crippen molar-refractivity contribution in [2.45, 2.75) is 33.6 Å². The Morgan fingerprint density at radius 2 is 1.76 bits per heavy atom. The summed E-state index contributed by atoms with van der Waals surface area (Å²) in [6, 6.07) is 12.2. The van der Waals surface area contributed by atoms with E-state index in [1.807, 2.05) is 12.1 Å². The number of anilines is 4. The van der Waals surface area contributed by atoms with E-state index in [1.165, 1.54) is 17.7 Å². The third-order valence-corrected chi connectivity index (χ3v) is 6.02. The van der Waals surface area contributed by atoms with E-state index in [0.717, 1.165) is 37.2 Å². The molecule has 0 unspecified atom stereocenters. The molecule has 10 heteroatoms. The molecule has 34 heavy (non-hydrogen) atoms. The number of non-ortho nitro benzene ring substituents is 1. The van der Waals surface area contributed by atoms with Gasteiger partial charge in [-0.15, -0.1) is 0 Å². The molecular weight excluding hydrogens is 432 g/mol. The lowest BCUT2D eigenvalue weighted by Gasteiger charge is -2.30. The third-order valence-electron chi connectivity index (χ3n) is 6.02. The average molecular weight is 461 g/mol. The molecule has 1 fully saturated rings. The lowest BCUT2D eigenvalue weighted by atomic mass is 10.00. The SMILES string of the molecule is Cc1cccc(Nc2nc(NN=Cc3ccc([N+](=O)[O-])cc3)nc(N3CCC(C)CC3)n2)c1C. The molecule has 0 spiro atoms. The van der Waals surface area contributed by atoms with E-state index in [9.17, 15) is 10.1 Å². The Hall–Kier alpha value is -4.08. The molecule has 0 atom stereocenters. The molecule has 2 N–H and O–H groups in total. The van der Waals surface area contributed by atoms with Gasteiger partial charge in [-0.1, -0.05) is 19.1 Å². The van der Waals surface area contributed by atoms with Crippen molar-refractivity contribution in [2.75, 3.05) is 28.7 Å². The van der Waals surface area contributed by atoms with Gasteiger partial charge in [-0.3, -0.25) is 10.1 Å². The molecule has 0 aliphatic carbocycles. The second-order valence-corrected chi connectivity index (χ2v) is 8.54. The number of benzene rings is 2. The molecule has 4 rings (SSSR count). The first-order valence-electron chi connectivity index (χ1n) is 11.3. The Kier molecular flexibility index (Phi) is 6.95. The molecule has 0 saturated carbocycles. The highest BCUT2D eigenvalue weighted by atomic mass is 16.6. The molecule has 0 bridgehead atoms. The predicted octanol–water partition coefficient (Wildman–Crippen LogP) is 4.82. The maximum absolute atomic E-state index is 10.8. The van der Waals surface area contributed by atoms with E-state index in [-0.39, 0.29) is 5.69 Å². The maximum Gasteiger partial charge on any atom is 0.269 e. The fraction of sp³-hybridized carbons (Fsp3) is 0.333. The Bertz CT molecular complexity index is 1190. The van der Waals surface area contributed by atoms with Crippen molar-refractivity contribution in [3.63, 3.8) is 0 Å². The highest BCUT2D eigenvalue weighted by molar-refractivity contribution is 5.80. The topological polar surface area (TPSA) is 121 Å². The molecular formula is C24H28N8O2. The van der Waals surface area contributed by atoms with Crippen molar-refractivity contribution < 1.29 is 4.92 Å². The van der Waals surface area contributed by atoms with Crippen molar-refractivity contribution >= 4 is 35.4 Å². The molecule has 0 amide bonds. The zero-order valence-corrected chi connectivity index (χ0v) is 19.5. The minimum Gasteiger partial charge on any atom is -0.341 e. The van der Waals surface area contributed by atoms with Crippen LogP contribution >= 0.6 is 0 Å². The summed E-state index contributed by atoms with van der Waals surface area (Å²) < 4.78 is 0. The molecule has 2 heterocycles. The van der Waals surface area contributed by atoms with E-state index in [1.54, 1.807) is 18.3 Å². The van der Waals surface area contributed by atoms with Crippen LogP contribution in [0.25, 0.3) is 0 Å². The number of nitro groups is 1. The number of nitrogens with one attached hydrogen (secondary N) is 2. The van der Waals surface area contributed by atoms with Crippen LogP contribution in [0.15, 0.2) is 47.6 Å². The molecule has 1 aliphatic rings. The van der Waals surface area contributed by atoms with E-state index in [0.29, 0.717) is 29.3 Å². The van der Waals surface area contributed by atoms with Crippen molar-refractivity contribution in [3.8, 4) is 0 Å². The zero-order chi connectivity index (χ0) is 24.1. The largest absolute Gasteiger partial charge is 0.341 e. The lowest BCUT2D eigenvalue weighted by Crippen LogP contribution is -2.34. The van der Waals surface area contributed by atoms with Crippen LogP contribution in [0, 0.1) is 29.9 Å². The van der Waals surface area contributed by atoms with Gasteiger partial charge in [0, 0.05) is 30.9 Å². The normalized spacial score (nSPS) is 14.4. The van der Waals surface area contributed by atoms with Crippen LogP contribution in [0.2, 0.25) is 0 Å². The Labute approximate surface area is 198 Å². The van der Waals surface area contributed by atoms with Gasteiger partial charge in [0.25, 0.3) is 5.69 Å². The van der Waals surface area contributed by atoms with Crippen LogP contribution in [0.3, 0.4) is 0 Å². The first-order valence-corrected chi connectivity index (χ1v) is 11.3. The number of hydrogen-bond acceptors (Lipinski definition) is 9. The summed E-state index contributed by atoms with van der Waals surface area (Å²) >= 11 is 0. The molecule has 176 valence electrons. The summed E-state index contributed by atoms with van der Waals surface area (Å²) in [6.45, 7) is 8.16. The van der Waals surface area contributed by atoms with Gasteiger partial charge >= 0.3 is 0 Å². The Balaban J connectivity index is 1.57. The minimum atomic E-state index is -0.433. The monoisotopic (exact) mass is 460 g/mol. The highest BCUT2D eigenvalue weighted by Crippen LogP contribution is 2.25. The van der Waals surface area contributed by atoms with Gasteiger partial charge in [-0.05, 0) is 67.5 Å². The summed E-state index contributed by atoms with van der Waals surface area (Å²) in [4.78, 5) is 26.3. The first-order chi connectivity index (χ1) is 16.4. The number of nitro benzene ring substituents is 1. The molecule has 3 aromatic rings. The van der Waals surface area contributed by atoms with Gasteiger partial charge < -0.3 is 10.2 Å². The smallest absolute Gasteiger partial charge is 0.269 e. The van der Waals surface area contributed by atoms with Crippen LogP contribution in [0.1, 0.15) is 36.5 Å². The summed E-state index contributed by atoms with van der Waals surface area (Å²) in [5.41, 5.74) is 6.86. The van der Waals surface area contributed by atoms with Gasteiger partial charge in [-0.2, -0.15) is 20.1 Å². The number of aryl methyl sites for hydroxylation is 1. The van der Waals surface area contributed by atoms with Crippen LogP contribution in [0.5, 0.6) is 0 Å². The van der Waals surface area contributed by atoms with Crippen LogP contribution in [0.4, 0.5) is 29.2 Å². The number of rotatable bonds is 7. The molecule has 1 aromatic heterocycles. The van der Waals surface area contributed by atoms with Crippen molar-refractivity contribution in [3.05, 3.63) is 69.3 Å². The maximum atomic E-state index is 10.8. The van der Waals surface area contributed by atoms with E-state index >= 15 is 0 Å². The number of nitrogens with zero attached hydrogens (tertiary/aromatic N) is 6. The highest BCUT2D eigenvalue weighted by Gasteiger charge is 2.20. The zero-order valence-electron chi connectivity index (χ0n) is 19.5. The van der Waals surface area contributed by atoms with Crippen molar-refractivity contribution in [2.24, 2.45) is 11.0 Å². The quantitative estimate of drug-likeness (QED) is 0.292. The minimum absolute atomic E-state index is 0.0326. The molecule has 1 saturated heterocycles. The summed E-state index contributed by atoms with van der Waals surface area (Å²) in [5.74, 6) is 2.04. The van der Waals surface area contributed by atoms with Crippen molar-refractivity contribution in [1.82, 2.24) is 15.0 Å². The Morgan fingerprint density at radius 3 is 2.47 bits per heavy atom. The average Bonchev–Trinajstić information content (AvgIpc) is 2.83. The summed E-state index contributed by atoms with van der Waals surface area (Å²) in [6.07, 6.45) is 3.74. The first kappa shape index (κ1) is 23.1. The van der Waals surface area contributed by atoms with Crippen LogP contribution < -0.4 is 15.6 Å². The van der Waals surface area contributed by atoms with Crippen LogP contribution in [-0.4, -0.2) is 39.2 Å². The number of hydrazone groups is 1. The fourth-order valence-electron chi connectivity index (χ4n) is 3.67. The van der Waals surface area contributed by atoms with Gasteiger partial charge in [0.1, 0.15) is 0 Å². The third kappa shape index (κ3) is 5.64. The second kappa shape index (κ2) is 10.2. The number of hydrogen-bond donors (Lipinski definition) is 2. The number of piperidine rings is 1. The molecule has 10 nitrogen and oxygen atoms in total. The van der Waals surface area contributed by atoms with Gasteiger partial charge in [0.2, 0.25) is 17.8 Å². The van der Waals surface area contributed by atoms with Crippen molar-refractivity contribution in [1.29, 1.82) is 0 Å². The molecule has 1 aliphatic heterocycles. The Morgan fingerprint density at radius 1 is 1.06 bits per heavy atom. The van der Waals surface area contributed by atoms with Gasteiger partial charge in [0.05, 0.1) is 11.1 Å². The van der Waals surface area contributed by atoms with E-state index < -0.39 is 4.92 Å². The fourth-order valence-corrected chi connectivity index (χ4v) is 3.67. The van der Waals surface area contributed by atoms with E-state index in [4.69, 9.17) is 0 Å². The van der Waals surface area contributed by atoms with Crippen LogP contribution in [-0.2, 0) is 0 Å². The van der Waals surface area contributed by atoms with Gasteiger partial charge in [0.15, 0.2) is 0 Å². The predicted molar refractivity (Wildman–Crippen MR) is 134 cm³/mol. The molecule has 0 radical (unpaired) electrons. The molecule has 2 aromatic carbocycles. The summed E-state index contributed by atoms with van der Waals surface area (Å²) in [5, 5.41) is 18.4. The van der Waals surface area contributed by atoms with E-state index in [2.05, 4.69) is 62.5 Å². The number of aromatic nitrogens is 3. The second-order valence-electron chi connectivity index (χ2n) is 8.54. The van der Waals surface area contributed by atoms with Gasteiger partial charge in [-0.25, -0.2) is 5.43 Å². The summed E-state index contributed by atoms with van der Waals surface area (Å²) in [7, 11) is 0. The lowest BCUT2D eigenvalue weighted by molar-refractivity contribution is -0.384. The standard InChI is InChI=1S/C24H28N8O2/c1-16-11-13-31(14-12-16)24-28-22(26-21-6-4-5-17(2)18(21)3)27-23(29-24)30-25-15-19-7-9-20(10-8-19)32(33)34/h4-10,15-16H,11-14H2,1-3H3,(H2,26,27,28,29,30).